The van der Waals surface area contributed by atoms with Crippen molar-refractivity contribution in [1.29, 1.82) is 0 Å². The Bertz CT molecular complexity index is 437. The molecule has 1 amide bonds. The second-order valence-corrected chi connectivity index (χ2v) is 4.32. The number of amides is 1. The third-order valence-corrected chi connectivity index (χ3v) is 3.16. The van der Waals surface area contributed by atoms with E-state index in [-0.39, 0.29) is 24.2 Å². The van der Waals surface area contributed by atoms with Crippen LogP contribution in [0.15, 0.2) is 11.0 Å². The highest BCUT2D eigenvalue weighted by Gasteiger charge is 2.29. The van der Waals surface area contributed by atoms with Crippen LogP contribution in [0.1, 0.15) is 36.2 Å². The molecule has 0 aliphatic carbocycles. The minimum Gasteiger partial charge on any atom is -0.396 e. The lowest BCUT2D eigenvalue weighted by molar-refractivity contribution is 0.0719. The lowest BCUT2D eigenvalue weighted by Gasteiger charge is -2.23. The van der Waals surface area contributed by atoms with Gasteiger partial charge in [0, 0.05) is 25.4 Å². The summed E-state index contributed by atoms with van der Waals surface area (Å²) in [6.07, 6.45) is 4.89. The van der Waals surface area contributed by atoms with Crippen LogP contribution in [0.25, 0.3) is 0 Å². The maximum Gasteiger partial charge on any atom is 0.323 e. The van der Waals surface area contributed by atoms with Gasteiger partial charge in [0.2, 0.25) is 0 Å². The zero-order chi connectivity index (χ0) is 12.3. The number of aromatic nitrogens is 2. The number of carbonyl (C=O) groups is 1. The molecule has 1 saturated heterocycles. The molecule has 6 heteroatoms. The van der Waals surface area contributed by atoms with Gasteiger partial charge in [-0.3, -0.25) is 4.79 Å². The van der Waals surface area contributed by atoms with E-state index in [0.717, 1.165) is 25.8 Å². The van der Waals surface area contributed by atoms with Crippen molar-refractivity contribution in [2.75, 3.05) is 13.2 Å². The average molecular weight is 239 g/mol. The van der Waals surface area contributed by atoms with E-state index < -0.39 is 0 Å². The topological polar surface area (TPSA) is 89.2 Å². The molecule has 1 aliphatic heterocycles. The summed E-state index contributed by atoms with van der Waals surface area (Å²) in [5.41, 5.74) is -0.0506. The second kappa shape index (κ2) is 5.18. The number of likely N-dealkylation sites (tertiary alicyclic amines) is 1. The van der Waals surface area contributed by atoms with Gasteiger partial charge >= 0.3 is 5.69 Å². The Balaban J connectivity index is 2.05. The number of aliphatic hydroxyl groups is 1. The van der Waals surface area contributed by atoms with E-state index in [1.54, 1.807) is 4.90 Å². The molecule has 0 saturated carbocycles. The van der Waals surface area contributed by atoms with E-state index in [9.17, 15) is 9.59 Å². The van der Waals surface area contributed by atoms with E-state index in [4.69, 9.17) is 5.11 Å². The minimum absolute atomic E-state index is 0.135. The monoisotopic (exact) mass is 239 g/mol. The Morgan fingerprint density at radius 1 is 1.59 bits per heavy atom. The number of H-pyrrole nitrogens is 2. The third-order valence-electron chi connectivity index (χ3n) is 3.16. The molecule has 1 atom stereocenters. The lowest BCUT2D eigenvalue weighted by atomic mass is 10.1. The number of nitrogens with zero attached hydrogens (tertiary/aromatic N) is 1. The highest BCUT2D eigenvalue weighted by atomic mass is 16.3. The standard InChI is InChI=1S/C11H17N3O3/c15-6-2-4-8-3-1-5-14(8)10(16)9-7-12-11(17)13-9/h7-8,15H,1-6H2,(H2,12,13,17). The van der Waals surface area contributed by atoms with Crippen molar-refractivity contribution >= 4 is 5.91 Å². The van der Waals surface area contributed by atoms with Gasteiger partial charge in [-0.1, -0.05) is 0 Å². The molecule has 6 nitrogen and oxygen atoms in total. The summed E-state index contributed by atoms with van der Waals surface area (Å²) in [6, 6.07) is 0.188. The van der Waals surface area contributed by atoms with Crippen LogP contribution in [0.5, 0.6) is 0 Å². The van der Waals surface area contributed by atoms with Crippen molar-refractivity contribution in [3.63, 3.8) is 0 Å². The van der Waals surface area contributed by atoms with Crippen LogP contribution in [0.2, 0.25) is 0 Å². The van der Waals surface area contributed by atoms with E-state index in [2.05, 4.69) is 9.97 Å². The van der Waals surface area contributed by atoms with Gasteiger partial charge in [0.15, 0.2) is 0 Å². The third kappa shape index (κ3) is 2.58. The van der Waals surface area contributed by atoms with Crippen LogP contribution in [0.4, 0.5) is 0 Å². The van der Waals surface area contributed by atoms with Gasteiger partial charge in [-0.15, -0.1) is 0 Å². The SMILES string of the molecule is O=C(c1c[nH]c(=O)[nH]1)N1CCCC1CCCO. The van der Waals surface area contributed by atoms with Crippen LogP contribution < -0.4 is 5.69 Å². The van der Waals surface area contributed by atoms with Crippen molar-refractivity contribution in [2.24, 2.45) is 0 Å². The summed E-state index contributed by atoms with van der Waals surface area (Å²) in [7, 11) is 0. The molecule has 1 aromatic rings. The van der Waals surface area contributed by atoms with Crippen LogP contribution in [-0.2, 0) is 0 Å². The predicted molar refractivity (Wildman–Crippen MR) is 61.8 cm³/mol. The van der Waals surface area contributed by atoms with Crippen LogP contribution in [0, 0.1) is 0 Å². The summed E-state index contributed by atoms with van der Waals surface area (Å²) in [4.78, 5) is 29.8. The summed E-state index contributed by atoms with van der Waals surface area (Å²) in [5, 5.41) is 8.82. The van der Waals surface area contributed by atoms with Gasteiger partial charge < -0.3 is 20.0 Å². The summed E-state index contributed by atoms with van der Waals surface area (Å²) >= 11 is 0. The minimum atomic E-state index is -0.362. The fraction of sp³-hybridized carbons (Fsp3) is 0.636. The normalized spacial score (nSPS) is 19.8. The number of aromatic amines is 2. The molecule has 17 heavy (non-hydrogen) atoms. The largest absolute Gasteiger partial charge is 0.396 e. The maximum atomic E-state index is 12.1. The number of hydrogen-bond acceptors (Lipinski definition) is 3. The quantitative estimate of drug-likeness (QED) is 0.695. The van der Waals surface area contributed by atoms with Gasteiger partial charge in [-0.05, 0) is 25.7 Å². The molecule has 94 valence electrons. The number of imidazole rings is 1. The number of carbonyl (C=O) groups excluding carboxylic acids is 1. The van der Waals surface area contributed by atoms with E-state index in [1.165, 1.54) is 6.20 Å². The van der Waals surface area contributed by atoms with Crippen molar-refractivity contribution in [1.82, 2.24) is 14.9 Å². The van der Waals surface area contributed by atoms with Gasteiger partial charge in [-0.2, -0.15) is 0 Å². The predicted octanol–water partition coefficient (Wildman–Crippen LogP) is 0.0801. The maximum absolute atomic E-state index is 12.1. The first-order valence-corrected chi connectivity index (χ1v) is 5.92. The number of aliphatic hydroxyl groups excluding tert-OH is 1. The van der Waals surface area contributed by atoms with E-state index >= 15 is 0 Å². The van der Waals surface area contributed by atoms with Gasteiger partial charge in [0.25, 0.3) is 5.91 Å². The molecule has 3 N–H and O–H groups in total. The summed E-state index contributed by atoms with van der Waals surface area (Å²) in [6.45, 7) is 0.877. The Morgan fingerprint density at radius 3 is 3.06 bits per heavy atom. The molecule has 2 rings (SSSR count). The summed E-state index contributed by atoms with van der Waals surface area (Å²) in [5.74, 6) is -0.135. The Kier molecular flexibility index (Phi) is 3.63. The Hall–Kier alpha value is -1.56. The molecule has 1 fully saturated rings. The van der Waals surface area contributed by atoms with Crippen molar-refractivity contribution in [3.8, 4) is 0 Å². The van der Waals surface area contributed by atoms with Crippen LogP contribution in [0.3, 0.4) is 0 Å². The van der Waals surface area contributed by atoms with Crippen molar-refractivity contribution in [2.45, 2.75) is 31.7 Å². The zero-order valence-corrected chi connectivity index (χ0v) is 9.61. The van der Waals surface area contributed by atoms with Gasteiger partial charge in [0.1, 0.15) is 5.69 Å². The first-order chi connectivity index (χ1) is 8.22. The molecule has 1 unspecified atom stereocenters. The molecule has 0 bridgehead atoms. The van der Waals surface area contributed by atoms with Crippen molar-refractivity contribution in [3.05, 3.63) is 22.4 Å². The summed E-state index contributed by atoms with van der Waals surface area (Å²) < 4.78 is 0. The highest BCUT2D eigenvalue weighted by Crippen LogP contribution is 2.22. The fourth-order valence-corrected chi connectivity index (χ4v) is 2.33. The molecular formula is C11H17N3O3. The van der Waals surface area contributed by atoms with E-state index in [0.29, 0.717) is 12.1 Å². The van der Waals surface area contributed by atoms with Crippen molar-refractivity contribution < 1.29 is 9.90 Å². The molecule has 2 heterocycles. The molecule has 0 aromatic carbocycles. The lowest BCUT2D eigenvalue weighted by Crippen LogP contribution is -2.36. The second-order valence-electron chi connectivity index (χ2n) is 4.32. The highest BCUT2D eigenvalue weighted by molar-refractivity contribution is 5.92. The first-order valence-electron chi connectivity index (χ1n) is 5.92. The van der Waals surface area contributed by atoms with E-state index in [1.807, 2.05) is 0 Å². The van der Waals surface area contributed by atoms with Gasteiger partial charge in [0.05, 0.1) is 0 Å². The molecule has 1 aromatic heterocycles. The molecule has 1 aliphatic rings. The Morgan fingerprint density at radius 2 is 2.41 bits per heavy atom. The van der Waals surface area contributed by atoms with Gasteiger partial charge in [-0.25, -0.2) is 4.79 Å². The molecular weight excluding hydrogens is 222 g/mol. The average Bonchev–Trinajstić information content (AvgIpc) is 2.94. The number of hydrogen-bond donors (Lipinski definition) is 3. The number of rotatable bonds is 4. The molecule has 0 radical (unpaired) electrons. The van der Waals surface area contributed by atoms with Crippen LogP contribution >= 0.6 is 0 Å². The number of nitrogens with one attached hydrogen (secondary N) is 2. The molecule has 0 spiro atoms. The fourth-order valence-electron chi connectivity index (χ4n) is 2.33. The smallest absolute Gasteiger partial charge is 0.323 e. The van der Waals surface area contributed by atoms with Crippen LogP contribution in [-0.4, -0.2) is 45.1 Å². The first kappa shape index (κ1) is 11.9. The Labute approximate surface area is 98.7 Å². The zero-order valence-electron chi connectivity index (χ0n) is 9.61.